The lowest BCUT2D eigenvalue weighted by atomic mass is 10.0. The van der Waals surface area contributed by atoms with Gasteiger partial charge in [-0.15, -0.1) is 0 Å². The van der Waals surface area contributed by atoms with E-state index >= 15 is 0 Å². The van der Waals surface area contributed by atoms with Gasteiger partial charge in [0.15, 0.2) is 0 Å². The van der Waals surface area contributed by atoms with E-state index in [1.807, 2.05) is 0 Å². The van der Waals surface area contributed by atoms with Gasteiger partial charge in [-0.1, -0.05) is 12.8 Å². The van der Waals surface area contributed by atoms with E-state index in [9.17, 15) is 0 Å². The number of hydrogen-bond acceptors (Lipinski definition) is 2. The molecule has 1 nitrogen and oxygen atoms in total. The van der Waals surface area contributed by atoms with Crippen molar-refractivity contribution in [3.05, 3.63) is 0 Å². The molecule has 1 saturated carbocycles. The average molecular weight is 171 g/mol. The second-order valence-electron chi connectivity index (χ2n) is 3.66. The van der Waals surface area contributed by atoms with Crippen LogP contribution in [0.2, 0.25) is 0 Å². The van der Waals surface area contributed by atoms with E-state index in [2.05, 4.69) is 17.1 Å². The number of nitrogens with one attached hydrogen (secondary N) is 1. The van der Waals surface area contributed by atoms with Gasteiger partial charge in [-0.3, -0.25) is 0 Å². The highest BCUT2D eigenvalue weighted by atomic mass is 32.2. The maximum Gasteiger partial charge on any atom is 0.0201 e. The molecule has 0 aromatic carbocycles. The van der Waals surface area contributed by atoms with Crippen molar-refractivity contribution < 1.29 is 0 Å². The van der Waals surface area contributed by atoms with Gasteiger partial charge in [0.2, 0.25) is 0 Å². The maximum absolute atomic E-state index is 3.49. The van der Waals surface area contributed by atoms with Gasteiger partial charge >= 0.3 is 0 Å². The lowest BCUT2D eigenvalue weighted by molar-refractivity contribution is 0.488. The molecule has 1 aliphatic carbocycles. The van der Waals surface area contributed by atoms with Crippen molar-refractivity contribution in [2.45, 2.75) is 30.9 Å². The molecule has 0 aromatic rings. The molecule has 1 saturated heterocycles. The maximum atomic E-state index is 3.49. The van der Waals surface area contributed by atoms with Gasteiger partial charge in [-0.2, -0.15) is 11.8 Å². The molecule has 11 heavy (non-hydrogen) atoms. The molecule has 2 rings (SSSR count). The molecule has 0 amide bonds. The number of hydrogen-bond donors (Lipinski definition) is 1. The summed E-state index contributed by atoms with van der Waals surface area (Å²) < 4.78 is 0. The summed E-state index contributed by atoms with van der Waals surface area (Å²) in [4.78, 5) is 0. The lowest BCUT2D eigenvalue weighted by Crippen LogP contribution is -2.36. The van der Waals surface area contributed by atoms with Gasteiger partial charge in [0, 0.05) is 24.1 Å². The smallest absolute Gasteiger partial charge is 0.0201 e. The van der Waals surface area contributed by atoms with Crippen LogP contribution in [-0.4, -0.2) is 24.1 Å². The van der Waals surface area contributed by atoms with Crippen LogP contribution < -0.4 is 5.32 Å². The molecule has 2 fully saturated rings. The third-order valence-electron chi connectivity index (χ3n) is 2.88. The first kappa shape index (κ1) is 7.93. The van der Waals surface area contributed by atoms with E-state index in [0.717, 1.165) is 11.2 Å². The van der Waals surface area contributed by atoms with Crippen LogP contribution in [0.15, 0.2) is 0 Å². The predicted molar refractivity (Wildman–Crippen MR) is 51.1 cm³/mol. The molecule has 1 atom stereocenters. The van der Waals surface area contributed by atoms with Crippen LogP contribution in [0.1, 0.15) is 25.7 Å². The molecule has 0 bridgehead atoms. The molecule has 64 valence electrons. The first-order valence-corrected chi connectivity index (χ1v) is 5.84. The summed E-state index contributed by atoms with van der Waals surface area (Å²) in [6, 6.07) is 0. The summed E-state index contributed by atoms with van der Waals surface area (Å²) in [5, 5.41) is 4.44. The molecule has 0 aromatic heterocycles. The molecular weight excluding hydrogens is 154 g/mol. The second-order valence-corrected chi connectivity index (χ2v) is 5.00. The van der Waals surface area contributed by atoms with E-state index in [4.69, 9.17) is 0 Å². The summed E-state index contributed by atoms with van der Waals surface area (Å²) in [5.74, 6) is 2.38. The zero-order valence-corrected chi connectivity index (χ0v) is 7.83. The van der Waals surface area contributed by atoms with Crippen molar-refractivity contribution in [1.82, 2.24) is 5.32 Å². The lowest BCUT2D eigenvalue weighted by Gasteiger charge is -2.27. The van der Waals surface area contributed by atoms with Gasteiger partial charge in [-0.05, 0) is 18.8 Å². The molecule has 1 aliphatic heterocycles. The van der Waals surface area contributed by atoms with Crippen LogP contribution in [0.3, 0.4) is 0 Å². The van der Waals surface area contributed by atoms with Crippen LogP contribution in [0.5, 0.6) is 0 Å². The highest BCUT2D eigenvalue weighted by Crippen LogP contribution is 2.34. The van der Waals surface area contributed by atoms with Crippen molar-refractivity contribution in [3.8, 4) is 0 Å². The first-order chi connectivity index (χ1) is 5.47. The van der Waals surface area contributed by atoms with Gasteiger partial charge in [-0.25, -0.2) is 0 Å². The van der Waals surface area contributed by atoms with Crippen molar-refractivity contribution in [2.24, 2.45) is 5.92 Å². The zero-order chi connectivity index (χ0) is 7.52. The second kappa shape index (κ2) is 3.81. The number of rotatable bonds is 1. The Morgan fingerprint density at radius 2 is 2.00 bits per heavy atom. The summed E-state index contributed by atoms with van der Waals surface area (Å²) in [7, 11) is 0. The van der Waals surface area contributed by atoms with Crippen LogP contribution in [0, 0.1) is 5.92 Å². The fraction of sp³-hybridized carbons (Fsp3) is 1.00. The van der Waals surface area contributed by atoms with Gasteiger partial charge < -0.3 is 5.32 Å². The Morgan fingerprint density at radius 1 is 1.18 bits per heavy atom. The monoisotopic (exact) mass is 171 g/mol. The SMILES string of the molecule is C1CCC([C@@H]2CNCCS2)C1. The minimum absolute atomic E-state index is 0.950. The Hall–Kier alpha value is 0.310. The summed E-state index contributed by atoms with van der Waals surface area (Å²) in [6.07, 6.45) is 5.97. The summed E-state index contributed by atoms with van der Waals surface area (Å²) in [5.41, 5.74) is 0. The first-order valence-electron chi connectivity index (χ1n) is 4.79. The van der Waals surface area contributed by atoms with E-state index in [1.165, 1.54) is 44.5 Å². The van der Waals surface area contributed by atoms with Crippen molar-refractivity contribution in [1.29, 1.82) is 0 Å². The molecule has 1 N–H and O–H groups in total. The minimum Gasteiger partial charge on any atom is -0.315 e. The van der Waals surface area contributed by atoms with Gasteiger partial charge in [0.1, 0.15) is 0 Å². The molecule has 2 heteroatoms. The van der Waals surface area contributed by atoms with Crippen molar-refractivity contribution >= 4 is 11.8 Å². The molecule has 2 aliphatic rings. The van der Waals surface area contributed by atoms with E-state index in [0.29, 0.717) is 0 Å². The molecular formula is C9H17NS. The molecule has 0 radical (unpaired) electrons. The Balaban J connectivity index is 1.82. The Kier molecular flexibility index (Phi) is 2.75. The zero-order valence-electron chi connectivity index (χ0n) is 7.01. The third kappa shape index (κ3) is 1.91. The highest BCUT2D eigenvalue weighted by Gasteiger charge is 2.26. The highest BCUT2D eigenvalue weighted by molar-refractivity contribution is 8.00. The fourth-order valence-electron chi connectivity index (χ4n) is 2.22. The van der Waals surface area contributed by atoms with Crippen molar-refractivity contribution in [3.63, 3.8) is 0 Å². The Morgan fingerprint density at radius 3 is 2.64 bits per heavy atom. The van der Waals surface area contributed by atoms with Gasteiger partial charge in [0.05, 0.1) is 0 Å². The van der Waals surface area contributed by atoms with Gasteiger partial charge in [0.25, 0.3) is 0 Å². The average Bonchev–Trinajstić information content (AvgIpc) is 2.58. The van der Waals surface area contributed by atoms with E-state index in [-0.39, 0.29) is 0 Å². The number of thioether (sulfide) groups is 1. The van der Waals surface area contributed by atoms with E-state index < -0.39 is 0 Å². The topological polar surface area (TPSA) is 12.0 Å². The standard InChI is InChI=1S/C9H17NS/c1-2-4-8(3-1)9-7-10-5-6-11-9/h8-10H,1-7H2/t9-/m0/s1. The van der Waals surface area contributed by atoms with E-state index in [1.54, 1.807) is 0 Å². The Bertz CT molecular complexity index is 115. The van der Waals surface area contributed by atoms with Crippen molar-refractivity contribution in [2.75, 3.05) is 18.8 Å². The normalized spacial score (nSPS) is 34.4. The van der Waals surface area contributed by atoms with Crippen LogP contribution in [-0.2, 0) is 0 Å². The quantitative estimate of drug-likeness (QED) is 0.646. The minimum atomic E-state index is 0.950. The largest absolute Gasteiger partial charge is 0.315 e. The van der Waals surface area contributed by atoms with Crippen LogP contribution in [0.25, 0.3) is 0 Å². The third-order valence-corrected chi connectivity index (χ3v) is 4.30. The van der Waals surface area contributed by atoms with Crippen LogP contribution in [0.4, 0.5) is 0 Å². The summed E-state index contributed by atoms with van der Waals surface area (Å²) in [6.45, 7) is 2.50. The molecule has 0 unspecified atom stereocenters. The summed E-state index contributed by atoms with van der Waals surface area (Å²) >= 11 is 2.20. The predicted octanol–water partition coefficient (Wildman–Crippen LogP) is 1.88. The fourth-order valence-corrected chi connectivity index (χ4v) is 3.56. The van der Waals surface area contributed by atoms with Crippen LogP contribution >= 0.6 is 11.8 Å². The Labute approximate surface area is 73.3 Å². The molecule has 0 spiro atoms. The molecule has 1 heterocycles.